The molecule has 32 heavy (non-hydrogen) atoms. The Balaban J connectivity index is 1.49. The molecule has 1 heterocycles. The van der Waals surface area contributed by atoms with E-state index in [4.69, 9.17) is 14.2 Å². The van der Waals surface area contributed by atoms with E-state index in [1.165, 1.54) is 13.3 Å². The maximum Gasteiger partial charge on any atom is 0.262 e. The second kappa shape index (κ2) is 11.8. The summed E-state index contributed by atoms with van der Waals surface area (Å²) < 4.78 is 16.2. The van der Waals surface area contributed by atoms with Crippen molar-refractivity contribution in [3.05, 3.63) is 53.6 Å². The lowest BCUT2D eigenvalue weighted by Gasteiger charge is -2.25. The van der Waals surface area contributed by atoms with E-state index in [-0.39, 0.29) is 25.0 Å². The molecule has 170 valence electrons. The Morgan fingerprint density at radius 2 is 1.94 bits per heavy atom. The van der Waals surface area contributed by atoms with Crippen LogP contribution in [0.1, 0.15) is 11.1 Å². The normalized spacial score (nSPS) is 14.2. The zero-order valence-corrected chi connectivity index (χ0v) is 18.3. The van der Waals surface area contributed by atoms with Gasteiger partial charge in [-0.05, 0) is 48.4 Å². The molecule has 1 aliphatic rings. The Kier molecular flexibility index (Phi) is 8.59. The molecule has 0 unspecified atom stereocenters. The Morgan fingerprint density at radius 3 is 2.69 bits per heavy atom. The minimum atomic E-state index is -0.272. The fraction of sp³-hybridized carbons (Fsp3) is 0.348. The molecule has 0 saturated carbocycles. The number of anilines is 1. The molecule has 1 fully saturated rings. The second-order valence-corrected chi connectivity index (χ2v) is 7.30. The van der Waals surface area contributed by atoms with Crippen LogP contribution in [0.4, 0.5) is 5.69 Å². The van der Waals surface area contributed by atoms with Gasteiger partial charge in [0.2, 0.25) is 0 Å². The Labute approximate surface area is 187 Å². The number of hydrazone groups is 1. The smallest absolute Gasteiger partial charge is 0.262 e. The number of hydrogen-bond acceptors (Lipinski definition) is 7. The number of methoxy groups -OCH3 is 1. The molecule has 0 aliphatic carbocycles. The van der Waals surface area contributed by atoms with Crippen molar-refractivity contribution in [3.8, 4) is 11.5 Å². The van der Waals surface area contributed by atoms with E-state index >= 15 is 0 Å². The van der Waals surface area contributed by atoms with Gasteiger partial charge in [-0.25, -0.2) is 5.43 Å². The van der Waals surface area contributed by atoms with E-state index in [0.717, 1.165) is 18.7 Å². The number of nitrogens with zero attached hydrogens (tertiary/aromatic N) is 2. The summed E-state index contributed by atoms with van der Waals surface area (Å²) in [6.07, 6.45) is 1.52. The van der Waals surface area contributed by atoms with Gasteiger partial charge in [-0.15, -0.1) is 0 Å². The van der Waals surface area contributed by atoms with E-state index in [0.29, 0.717) is 36.0 Å². The van der Waals surface area contributed by atoms with Crippen molar-refractivity contribution in [1.82, 2.24) is 10.3 Å². The number of amides is 2. The van der Waals surface area contributed by atoms with Crippen molar-refractivity contribution in [2.45, 2.75) is 6.92 Å². The molecular weight excluding hydrogens is 412 g/mol. The summed E-state index contributed by atoms with van der Waals surface area (Å²) in [6, 6.07) is 12.7. The lowest BCUT2D eigenvalue weighted by atomic mass is 10.2. The highest BCUT2D eigenvalue weighted by molar-refractivity contribution is 5.92. The fourth-order valence-corrected chi connectivity index (χ4v) is 3.12. The predicted molar refractivity (Wildman–Crippen MR) is 121 cm³/mol. The molecule has 0 atom stereocenters. The van der Waals surface area contributed by atoms with Crippen molar-refractivity contribution in [2.24, 2.45) is 5.10 Å². The van der Waals surface area contributed by atoms with Crippen LogP contribution >= 0.6 is 0 Å². The Hall–Kier alpha value is -3.43. The summed E-state index contributed by atoms with van der Waals surface area (Å²) in [4.78, 5) is 26.2. The van der Waals surface area contributed by atoms with Crippen molar-refractivity contribution >= 4 is 23.7 Å². The molecular formula is C23H28N4O5. The molecule has 3 rings (SSSR count). The van der Waals surface area contributed by atoms with Gasteiger partial charge < -0.3 is 19.5 Å². The van der Waals surface area contributed by atoms with E-state index in [1.54, 1.807) is 18.2 Å². The summed E-state index contributed by atoms with van der Waals surface area (Å²) in [6.45, 7) is 4.82. The summed E-state index contributed by atoms with van der Waals surface area (Å²) in [7, 11) is 1.51. The molecule has 2 aromatic rings. The van der Waals surface area contributed by atoms with Crippen LogP contribution in [0.25, 0.3) is 0 Å². The van der Waals surface area contributed by atoms with Crippen molar-refractivity contribution in [3.63, 3.8) is 0 Å². The lowest BCUT2D eigenvalue weighted by molar-refractivity contribution is -0.123. The SMILES string of the molecule is COc1cc(/C=N/NC(=O)CN2CCOCC2)ccc1OCC(=O)Nc1cccc(C)c1. The zero-order chi connectivity index (χ0) is 22.8. The summed E-state index contributed by atoms with van der Waals surface area (Å²) in [5.74, 6) is 0.429. The standard InChI is InChI=1S/C23H28N4O5/c1-17-4-3-5-19(12-17)25-23(29)16-32-20-7-6-18(13-21(20)30-2)14-24-26-22(28)15-27-8-10-31-11-9-27/h3-7,12-14H,8-11,15-16H2,1-2H3,(H,25,29)(H,26,28)/b24-14+. The number of carbonyl (C=O) groups excluding carboxylic acids is 2. The monoisotopic (exact) mass is 440 g/mol. The highest BCUT2D eigenvalue weighted by atomic mass is 16.5. The van der Waals surface area contributed by atoms with E-state index in [1.807, 2.05) is 36.1 Å². The van der Waals surface area contributed by atoms with Gasteiger partial charge in [-0.3, -0.25) is 14.5 Å². The van der Waals surface area contributed by atoms with Crippen LogP contribution in [0.2, 0.25) is 0 Å². The third-order valence-corrected chi connectivity index (χ3v) is 4.72. The molecule has 1 aliphatic heterocycles. The summed E-state index contributed by atoms with van der Waals surface area (Å²) >= 11 is 0. The predicted octanol–water partition coefficient (Wildman–Crippen LogP) is 1.80. The van der Waals surface area contributed by atoms with Crippen LogP contribution in [0, 0.1) is 6.92 Å². The summed E-state index contributed by atoms with van der Waals surface area (Å²) in [5, 5.41) is 6.79. The van der Waals surface area contributed by atoms with Crippen LogP contribution < -0.4 is 20.2 Å². The third kappa shape index (κ3) is 7.36. The number of carbonyl (C=O) groups is 2. The molecule has 0 aromatic heterocycles. The Morgan fingerprint density at radius 1 is 1.12 bits per heavy atom. The van der Waals surface area contributed by atoms with Crippen LogP contribution in [-0.4, -0.2) is 69.5 Å². The average molecular weight is 441 g/mol. The highest BCUT2D eigenvalue weighted by Crippen LogP contribution is 2.27. The van der Waals surface area contributed by atoms with Gasteiger partial charge in [0.15, 0.2) is 18.1 Å². The van der Waals surface area contributed by atoms with E-state index in [2.05, 4.69) is 15.8 Å². The van der Waals surface area contributed by atoms with Crippen LogP contribution in [0.15, 0.2) is 47.6 Å². The maximum absolute atomic E-state index is 12.2. The minimum absolute atomic E-state index is 0.157. The van der Waals surface area contributed by atoms with Crippen molar-refractivity contribution < 1.29 is 23.8 Å². The van der Waals surface area contributed by atoms with Gasteiger partial charge in [-0.2, -0.15) is 5.10 Å². The molecule has 9 nitrogen and oxygen atoms in total. The number of morpholine rings is 1. The molecule has 0 bridgehead atoms. The first-order valence-corrected chi connectivity index (χ1v) is 10.3. The molecule has 1 saturated heterocycles. The first-order chi connectivity index (χ1) is 15.5. The first-order valence-electron chi connectivity index (χ1n) is 10.3. The van der Waals surface area contributed by atoms with Gasteiger partial charge in [0.25, 0.3) is 11.8 Å². The largest absolute Gasteiger partial charge is 0.493 e. The van der Waals surface area contributed by atoms with Gasteiger partial charge in [0.1, 0.15) is 0 Å². The topological polar surface area (TPSA) is 101 Å². The van der Waals surface area contributed by atoms with E-state index < -0.39 is 0 Å². The number of hydrogen-bond donors (Lipinski definition) is 2. The number of benzene rings is 2. The van der Waals surface area contributed by atoms with Gasteiger partial charge in [0, 0.05) is 18.8 Å². The molecule has 2 amide bonds. The highest BCUT2D eigenvalue weighted by Gasteiger charge is 2.13. The number of nitrogens with one attached hydrogen (secondary N) is 2. The number of rotatable bonds is 9. The Bertz CT molecular complexity index is 957. The van der Waals surface area contributed by atoms with Crippen LogP contribution in [0.3, 0.4) is 0 Å². The molecule has 2 aromatic carbocycles. The quantitative estimate of drug-likeness (QED) is 0.456. The molecule has 0 spiro atoms. The number of aryl methyl sites for hydroxylation is 1. The average Bonchev–Trinajstić information content (AvgIpc) is 2.78. The van der Waals surface area contributed by atoms with Gasteiger partial charge in [-0.1, -0.05) is 12.1 Å². The second-order valence-electron chi connectivity index (χ2n) is 7.30. The third-order valence-electron chi connectivity index (χ3n) is 4.72. The maximum atomic E-state index is 12.2. The van der Waals surface area contributed by atoms with Gasteiger partial charge >= 0.3 is 0 Å². The molecule has 0 radical (unpaired) electrons. The fourth-order valence-electron chi connectivity index (χ4n) is 3.12. The zero-order valence-electron chi connectivity index (χ0n) is 18.3. The molecule has 2 N–H and O–H groups in total. The van der Waals surface area contributed by atoms with Crippen molar-refractivity contribution in [2.75, 3.05) is 51.9 Å². The number of ether oxygens (including phenoxy) is 3. The van der Waals surface area contributed by atoms with Crippen molar-refractivity contribution in [1.29, 1.82) is 0 Å². The minimum Gasteiger partial charge on any atom is -0.493 e. The molecule has 9 heteroatoms. The van der Waals surface area contributed by atoms with Crippen LogP contribution in [-0.2, 0) is 14.3 Å². The van der Waals surface area contributed by atoms with Gasteiger partial charge in [0.05, 0.1) is 33.1 Å². The first kappa shape index (κ1) is 23.2. The summed E-state index contributed by atoms with van der Waals surface area (Å²) in [5.41, 5.74) is 5.00. The lowest BCUT2D eigenvalue weighted by Crippen LogP contribution is -2.42. The van der Waals surface area contributed by atoms with Crippen LogP contribution in [0.5, 0.6) is 11.5 Å². The van der Waals surface area contributed by atoms with E-state index in [9.17, 15) is 9.59 Å².